The summed E-state index contributed by atoms with van der Waals surface area (Å²) in [6.45, 7) is -0.218. The van der Waals surface area contributed by atoms with Gasteiger partial charge in [0.1, 0.15) is 35.9 Å². The van der Waals surface area contributed by atoms with Gasteiger partial charge in [-0.25, -0.2) is 9.18 Å². The highest BCUT2D eigenvalue weighted by atomic mass is 32.2. The Bertz CT molecular complexity index is 2020. The first-order chi connectivity index (χ1) is 25.1. The van der Waals surface area contributed by atoms with Crippen LogP contribution >= 0.6 is 12.2 Å². The second-order valence-electron chi connectivity index (χ2n) is 11.2. The van der Waals surface area contributed by atoms with Crippen molar-refractivity contribution in [2.75, 3.05) is 19.5 Å². The Morgan fingerprint density at radius 2 is 1.64 bits per heavy atom. The lowest BCUT2D eigenvalue weighted by Gasteiger charge is -2.18. The van der Waals surface area contributed by atoms with E-state index >= 15 is 0 Å². The summed E-state index contributed by atoms with van der Waals surface area (Å²) in [5.74, 6) is -4.02. The molecule has 0 amide bonds. The van der Waals surface area contributed by atoms with Crippen LogP contribution in [0.3, 0.4) is 0 Å². The normalized spacial score (nSPS) is 14.4. The van der Waals surface area contributed by atoms with Crippen LogP contribution in [0.2, 0.25) is 0 Å². The van der Waals surface area contributed by atoms with Crippen LogP contribution in [0.15, 0.2) is 77.2 Å². The largest absolute Gasteiger partial charge is 0.461 e. The molecule has 16 nitrogen and oxygen atoms in total. The number of rotatable bonds is 17. The van der Waals surface area contributed by atoms with Crippen LogP contribution in [0.25, 0.3) is 17.2 Å². The minimum atomic E-state index is -1.89. The van der Waals surface area contributed by atoms with Crippen LogP contribution in [-0.2, 0) is 44.3 Å². The van der Waals surface area contributed by atoms with Crippen molar-refractivity contribution in [3.05, 3.63) is 121 Å². The van der Waals surface area contributed by atoms with Gasteiger partial charge in [-0.1, -0.05) is 30.4 Å². The summed E-state index contributed by atoms with van der Waals surface area (Å²) in [7, 11) is -1.19. The van der Waals surface area contributed by atoms with Gasteiger partial charge in [-0.2, -0.15) is 0 Å². The summed E-state index contributed by atoms with van der Waals surface area (Å²) >= 11 is 4.91. The van der Waals surface area contributed by atoms with Gasteiger partial charge in [-0.05, 0) is 94.9 Å². The van der Waals surface area contributed by atoms with Gasteiger partial charge in [0.05, 0.1) is 12.8 Å². The summed E-state index contributed by atoms with van der Waals surface area (Å²) in [6.07, 6.45) is -1.66. The lowest BCUT2D eigenvalue weighted by atomic mass is 10.0. The van der Waals surface area contributed by atoms with E-state index in [0.29, 0.717) is 38.3 Å². The molecular weight excluding hydrogens is 742 g/mol. The van der Waals surface area contributed by atoms with Crippen molar-refractivity contribution in [3.63, 3.8) is 0 Å². The van der Waals surface area contributed by atoms with Crippen LogP contribution in [0.5, 0.6) is 5.75 Å². The van der Waals surface area contributed by atoms with E-state index in [-0.39, 0.29) is 10.7 Å². The van der Waals surface area contributed by atoms with Gasteiger partial charge in [-0.3, -0.25) is 13.8 Å². The van der Waals surface area contributed by atoms with Gasteiger partial charge < -0.3 is 29.6 Å². The molecule has 3 aromatic carbocycles. The molecule has 0 bridgehead atoms. The fraction of sp³-hybridized carbons (Fsp3) is 0.235. The highest BCUT2D eigenvalue weighted by Crippen LogP contribution is 2.44. The van der Waals surface area contributed by atoms with Crippen LogP contribution < -0.4 is 10.5 Å². The molecule has 0 saturated carbocycles. The number of fused-ring (bicyclic) bond motifs is 1. The van der Waals surface area contributed by atoms with Gasteiger partial charge in [0.2, 0.25) is 6.10 Å². The lowest BCUT2D eigenvalue weighted by Crippen LogP contribution is -2.37. The Labute approximate surface area is 308 Å². The van der Waals surface area contributed by atoms with E-state index in [9.17, 15) is 43.2 Å². The molecule has 3 unspecified atom stereocenters. The van der Waals surface area contributed by atoms with Crippen molar-refractivity contribution in [2.24, 2.45) is 5.73 Å². The van der Waals surface area contributed by atoms with E-state index in [1.165, 1.54) is 36.4 Å². The number of hydrogen-bond acceptors (Lipinski definition) is 14. The molecule has 278 valence electrons. The molecular formula is C34H30FN3O13S2. The first kappa shape index (κ1) is 39.7. The number of nitrogens with two attached hydrogens (primary N) is 1. The molecule has 1 aliphatic rings. The van der Waals surface area contributed by atoms with Gasteiger partial charge in [-0.15, -0.1) is 20.2 Å². The van der Waals surface area contributed by atoms with E-state index < -0.39 is 83.0 Å². The number of thiocarbonyl (C=S) groups is 1. The molecule has 0 saturated heterocycles. The highest BCUT2D eigenvalue weighted by molar-refractivity contribution is 7.84. The Hall–Kier alpha value is -6.08. The summed E-state index contributed by atoms with van der Waals surface area (Å²) < 4.78 is 42.1. The number of nitrogens with zero attached hydrogens (tertiary/aromatic N) is 2. The quantitative estimate of drug-likeness (QED) is 0.0669. The third-order valence-corrected chi connectivity index (χ3v) is 8.75. The van der Waals surface area contributed by atoms with Crippen molar-refractivity contribution in [2.45, 2.75) is 36.9 Å². The molecule has 0 radical (unpaired) electrons. The van der Waals surface area contributed by atoms with Crippen molar-refractivity contribution in [1.82, 2.24) is 0 Å². The van der Waals surface area contributed by atoms with Crippen LogP contribution in [-0.4, -0.2) is 69.0 Å². The van der Waals surface area contributed by atoms with E-state index in [1.54, 1.807) is 43.5 Å². The average molecular weight is 772 g/mol. The van der Waals surface area contributed by atoms with Crippen molar-refractivity contribution in [3.8, 4) is 5.75 Å². The Morgan fingerprint density at radius 1 is 0.962 bits per heavy atom. The maximum absolute atomic E-state index is 14.5. The number of carbonyl (C=O) groups excluding carboxylic acids is 3. The number of benzene rings is 3. The number of hydrogen-bond donors (Lipinski definition) is 1. The number of carbonyl (C=O) groups is 3. The lowest BCUT2D eigenvalue weighted by molar-refractivity contribution is -0.789. The third-order valence-electron chi connectivity index (χ3n) is 7.58. The average Bonchev–Trinajstić information content (AvgIpc) is 3.34. The summed E-state index contributed by atoms with van der Waals surface area (Å²) in [5, 5.41) is 18.8. The Kier molecular flexibility index (Phi) is 13.4. The fourth-order valence-electron chi connectivity index (χ4n) is 5.07. The molecule has 0 spiro atoms. The molecule has 19 heteroatoms. The maximum Gasteiger partial charge on any atom is 0.356 e. The molecule has 2 N–H and O–H groups in total. The monoisotopic (exact) mass is 771 g/mol. The SMILES string of the molecule is CC1=C(CC(=O)OC(COC(=O)CC(CO[N+](=O)[O-])O[N+](=O)[O-])C(=O)Oc2ccc(C(N)=S)cc2)c2cc(F)ccc2/C1=C\c1ccc(S(C)=O)cc1. The molecule has 0 heterocycles. The van der Waals surface area contributed by atoms with Crippen LogP contribution in [0.4, 0.5) is 4.39 Å². The van der Waals surface area contributed by atoms with Gasteiger partial charge >= 0.3 is 17.9 Å². The minimum absolute atomic E-state index is 0.0227. The number of ether oxygens (including phenoxy) is 3. The third kappa shape index (κ3) is 11.2. The summed E-state index contributed by atoms with van der Waals surface area (Å²) in [6, 6.07) is 16.7. The minimum Gasteiger partial charge on any atom is -0.461 e. The first-order valence-corrected chi connectivity index (χ1v) is 17.3. The standard InChI is InChI=1S/C34H30FN3O13S2/c1-19-27(13-20-3-10-25(11-4-20)53(2)46)26-12-7-22(35)14-29(26)28(19)16-32(40)50-30(34(41)49-23-8-5-21(6-9-23)33(36)52)18-47-31(39)15-24(51-38(44)45)17-48-37(42)43/h3-14,24,30H,15-18H2,1-2H3,(H2,36,52)/b27-13-. The zero-order valence-electron chi connectivity index (χ0n) is 27.9. The number of halogens is 1. The van der Waals surface area contributed by atoms with E-state index in [2.05, 4.69) is 9.68 Å². The smallest absolute Gasteiger partial charge is 0.356 e. The molecule has 1 aliphatic carbocycles. The summed E-state index contributed by atoms with van der Waals surface area (Å²) in [5.41, 5.74) is 9.47. The molecule has 4 rings (SSSR count). The number of esters is 3. The van der Waals surface area contributed by atoms with Crippen LogP contribution in [0, 0.1) is 26.0 Å². The number of allylic oxidation sites excluding steroid dienone is 2. The van der Waals surface area contributed by atoms with E-state index in [0.717, 1.165) is 5.56 Å². The molecule has 0 aliphatic heterocycles. The zero-order valence-corrected chi connectivity index (χ0v) is 29.5. The summed E-state index contributed by atoms with van der Waals surface area (Å²) in [4.78, 5) is 69.5. The van der Waals surface area contributed by atoms with E-state index in [4.69, 9.17) is 32.2 Å². The molecule has 0 fully saturated rings. The van der Waals surface area contributed by atoms with Gasteiger partial charge in [0.15, 0.2) is 0 Å². The fourth-order valence-corrected chi connectivity index (χ4v) is 5.73. The molecule has 3 aromatic rings. The second-order valence-corrected chi connectivity index (χ2v) is 13.0. The molecule has 0 aromatic heterocycles. The Morgan fingerprint density at radius 3 is 2.25 bits per heavy atom. The van der Waals surface area contributed by atoms with Crippen molar-refractivity contribution in [1.29, 1.82) is 0 Å². The first-order valence-electron chi connectivity index (χ1n) is 15.3. The Balaban J connectivity index is 1.56. The second kappa shape index (κ2) is 17.9. The maximum atomic E-state index is 14.5. The highest BCUT2D eigenvalue weighted by Gasteiger charge is 2.31. The van der Waals surface area contributed by atoms with E-state index in [1.807, 2.05) is 6.08 Å². The van der Waals surface area contributed by atoms with Crippen molar-refractivity contribution >= 4 is 63.1 Å². The van der Waals surface area contributed by atoms with Gasteiger partial charge in [0, 0.05) is 27.5 Å². The van der Waals surface area contributed by atoms with Crippen molar-refractivity contribution < 1.29 is 57.0 Å². The predicted octanol–water partition coefficient (Wildman–Crippen LogP) is 4.15. The zero-order chi connectivity index (χ0) is 38.8. The molecule has 3 atom stereocenters. The molecule has 53 heavy (non-hydrogen) atoms. The van der Waals surface area contributed by atoms with Gasteiger partial charge in [0.25, 0.3) is 10.2 Å². The topological polar surface area (TPSA) is 227 Å². The predicted molar refractivity (Wildman–Crippen MR) is 188 cm³/mol. The van der Waals surface area contributed by atoms with Crippen LogP contribution in [0.1, 0.15) is 42.0 Å².